The number of nitrogens with zero attached hydrogens (tertiary/aromatic N) is 2. The van der Waals surface area contributed by atoms with Crippen molar-refractivity contribution in [2.24, 2.45) is 10.2 Å². The lowest BCUT2D eigenvalue weighted by molar-refractivity contribution is -0.118. The van der Waals surface area contributed by atoms with Crippen molar-refractivity contribution in [1.29, 1.82) is 0 Å². The standard InChI is InChI=1S/C22H21N3O2/c1-16-7-6-8-17(2)22(16)27-15-21(26)23-18-11-13-20(14-12-18)25-24-19-9-4-3-5-10-19/h3-14H,15H2,1-2H3,(H,23,26). The van der Waals surface area contributed by atoms with Gasteiger partial charge in [-0.1, -0.05) is 36.4 Å². The van der Waals surface area contributed by atoms with E-state index in [2.05, 4.69) is 15.5 Å². The normalized spacial score (nSPS) is 10.7. The number of azo groups is 1. The van der Waals surface area contributed by atoms with E-state index >= 15 is 0 Å². The van der Waals surface area contributed by atoms with Crippen LogP contribution in [0.3, 0.4) is 0 Å². The number of hydrogen-bond donors (Lipinski definition) is 1. The van der Waals surface area contributed by atoms with E-state index in [1.807, 2.05) is 62.4 Å². The molecule has 3 aromatic carbocycles. The average Bonchev–Trinajstić information content (AvgIpc) is 2.68. The molecule has 5 nitrogen and oxygen atoms in total. The van der Waals surface area contributed by atoms with Crippen LogP contribution in [0, 0.1) is 13.8 Å². The number of carbonyl (C=O) groups excluding carboxylic acids is 1. The first-order valence-electron chi connectivity index (χ1n) is 8.67. The lowest BCUT2D eigenvalue weighted by Gasteiger charge is -2.12. The molecule has 0 aliphatic heterocycles. The van der Waals surface area contributed by atoms with Crippen molar-refractivity contribution >= 4 is 23.0 Å². The summed E-state index contributed by atoms with van der Waals surface area (Å²) in [7, 11) is 0. The monoisotopic (exact) mass is 359 g/mol. The van der Waals surface area contributed by atoms with Crippen LogP contribution in [0.25, 0.3) is 0 Å². The molecule has 0 saturated heterocycles. The number of carbonyl (C=O) groups is 1. The fraction of sp³-hybridized carbons (Fsp3) is 0.136. The molecule has 0 aromatic heterocycles. The number of rotatable bonds is 6. The van der Waals surface area contributed by atoms with Gasteiger partial charge in [0.2, 0.25) is 0 Å². The average molecular weight is 359 g/mol. The second kappa shape index (κ2) is 8.76. The van der Waals surface area contributed by atoms with Crippen molar-refractivity contribution in [1.82, 2.24) is 0 Å². The molecule has 0 atom stereocenters. The predicted octanol–water partition coefficient (Wildman–Crippen LogP) is 5.74. The van der Waals surface area contributed by atoms with Crippen LogP contribution in [-0.2, 0) is 4.79 Å². The lowest BCUT2D eigenvalue weighted by Crippen LogP contribution is -2.20. The molecule has 0 heterocycles. The summed E-state index contributed by atoms with van der Waals surface area (Å²) in [6.07, 6.45) is 0. The van der Waals surface area contributed by atoms with Gasteiger partial charge < -0.3 is 10.1 Å². The van der Waals surface area contributed by atoms with Gasteiger partial charge in [-0.05, 0) is 61.4 Å². The van der Waals surface area contributed by atoms with Crippen molar-refractivity contribution in [2.45, 2.75) is 13.8 Å². The summed E-state index contributed by atoms with van der Waals surface area (Å²) < 4.78 is 5.67. The van der Waals surface area contributed by atoms with Gasteiger partial charge in [0.05, 0.1) is 11.4 Å². The molecule has 136 valence electrons. The third-order valence-electron chi connectivity index (χ3n) is 3.94. The summed E-state index contributed by atoms with van der Waals surface area (Å²) in [5.74, 6) is 0.542. The summed E-state index contributed by atoms with van der Waals surface area (Å²) in [6, 6.07) is 22.6. The number of nitrogens with one attached hydrogen (secondary N) is 1. The number of anilines is 1. The molecule has 3 aromatic rings. The van der Waals surface area contributed by atoms with Gasteiger partial charge in [-0.2, -0.15) is 10.2 Å². The molecule has 0 aliphatic carbocycles. The quantitative estimate of drug-likeness (QED) is 0.571. The van der Waals surface area contributed by atoms with E-state index in [1.165, 1.54) is 0 Å². The fourth-order valence-corrected chi connectivity index (χ4v) is 2.58. The highest BCUT2D eigenvalue weighted by Crippen LogP contribution is 2.23. The molecule has 0 radical (unpaired) electrons. The molecule has 1 N–H and O–H groups in total. The fourth-order valence-electron chi connectivity index (χ4n) is 2.58. The molecule has 0 fully saturated rings. The van der Waals surface area contributed by atoms with Gasteiger partial charge in [-0.15, -0.1) is 0 Å². The number of amides is 1. The Morgan fingerprint density at radius 3 is 2.04 bits per heavy atom. The molecule has 1 amide bonds. The first-order valence-corrected chi connectivity index (χ1v) is 8.67. The van der Waals surface area contributed by atoms with Gasteiger partial charge in [0, 0.05) is 5.69 Å². The highest BCUT2D eigenvalue weighted by atomic mass is 16.5. The number of para-hydroxylation sites is 1. The lowest BCUT2D eigenvalue weighted by atomic mass is 10.1. The molecular weight excluding hydrogens is 338 g/mol. The van der Waals surface area contributed by atoms with Crippen LogP contribution in [-0.4, -0.2) is 12.5 Å². The minimum atomic E-state index is -0.212. The van der Waals surface area contributed by atoms with Crippen LogP contribution >= 0.6 is 0 Å². The molecule has 27 heavy (non-hydrogen) atoms. The van der Waals surface area contributed by atoms with Crippen LogP contribution in [0.2, 0.25) is 0 Å². The van der Waals surface area contributed by atoms with Crippen LogP contribution in [0.1, 0.15) is 11.1 Å². The smallest absolute Gasteiger partial charge is 0.262 e. The maximum absolute atomic E-state index is 12.1. The van der Waals surface area contributed by atoms with E-state index in [4.69, 9.17) is 4.74 Å². The molecule has 0 unspecified atom stereocenters. The Morgan fingerprint density at radius 1 is 0.815 bits per heavy atom. The van der Waals surface area contributed by atoms with Crippen LogP contribution in [0.5, 0.6) is 5.75 Å². The SMILES string of the molecule is Cc1cccc(C)c1OCC(=O)Nc1ccc(N=Nc2ccccc2)cc1. The van der Waals surface area contributed by atoms with E-state index in [1.54, 1.807) is 24.3 Å². The third kappa shape index (κ3) is 5.25. The minimum absolute atomic E-state index is 0.0405. The topological polar surface area (TPSA) is 63.0 Å². The molecule has 0 bridgehead atoms. The number of hydrogen-bond acceptors (Lipinski definition) is 4. The maximum Gasteiger partial charge on any atom is 0.262 e. The van der Waals surface area contributed by atoms with Crippen LogP contribution < -0.4 is 10.1 Å². The second-order valence-corrected chi connectivity index (χ2v) is 6.14. The molecule has 3 rings (SSSR count). The molecular formula is C22H21N3O2. The van der Waals surface area contributed by atoms with Gasteiger partial charge in [0.1, 0.15) is 5.75 Å². The van der Waals surface area contributed by atoms with E-state index < -0.39 is 0 Å². The third-order valence-corrected chi connectivity index (χ3v) is 3.94. The Morgan fingerprint density at radius 2 is 1.41 bits per heavy atom. The van der Waals surface area contributed by atoms with Crippen LogP contribution in [0.4, 0.5) is 17.1 Å². The number of aryl methyl sites for hydroxylation is 2. The first-order chi connectivity index (χ1) is 13.1. The Labute approximate surface area is 158 Å². The summed E-state index contributed by atoms with van der Waals surface area (Å²) in [6.45, 7) is 3.88. The van der Waals surface area contributed by atoms with Crippen molar-refractivity contribution in [3.8, 4) is 5.75 Å². The Balaban J connectivity index is 1.55. The van der Waals surface area contributed by atoms with Gasteiger partial charge in [0.15, 0.2) is 6.61 Å². The summed E-state index contributed by atoms with van der Waals surface area (Å²) >= 11 is 0. The van der Waals surface area contributed by atoms with E-state index in [0.29, 0.717) is 11.4 Å². The highest BCUT2D eigenvalue weighted by Gasteiger charge is 2.07. The first kappa shape index (κ1) is 18.3. The Bertz CT molecular complexity index is 915. The molecule has 5 heteroatoms. The molecule has 0 spiro atoms. The van der Waals surface area contributed by atoms with E-state index in [9.17, 15) is 4.79 Å². The Kier molecular flexibility index (Phi) is 5.94. The van der Waals surface area contributed by atoms with E-state index in [0.717, 1.165) is 22.6 Å². The zero-order valence-corrected chi connectivity index (χ0v) is 15.3. The van der Waals surface area contributed by atoms with Gasteiger partial charge in [0.25, 0.3) is 5.91 Å². The van der Waals surface area contributed by atoms with E-state index in [-0.39, 0.29) is 12.5 Å². The highest BCUT2D eigenvalue weighted by molar-refractivity contribution is 5.92. The van der Waals surface area contributed by atoms with Gasteiger partial charge in [-0.25, -0.2) is 0 Å². The second-order valence-electron chi connectivity index (χ2n) is 6.14. The summed E-state index contributed by atoms with van der Waals surface area (Å²) in [4.78, 5) is 12.1. The van der Waals surface area contributed by atoms with Gasteiger partial charge >= 0.3 is 0 Å². The van der Waals surface area contributed by atoms with Gasteiger partial charge in [-0.3, -0.25) is 4.79 Å². The predicted molar refractivity (Wildman–Crippen MR) is 107 cm³/mol. The Hall–Kier alpha value is -3.47. The van der Waals surface area contributed by atoms with Crippen molar-refractivity contribution < 1.29 is 9.53 Å². The van der Waals surface area contributed by atoms with Crippen molar-refractivity contribution in [3.63, 3.8) is 0 Å². The summed E-state index contributed by atoms with van der Waals surface area (Å²) in [5, 5.41) is 11.2. The number of benzene rings is 3. The minimum Gasteiger partial charge on any atom is -0.483 e. The number of ether oxygens (including phenoxy) is 1. The largest absolute Gasteiger partial charge is 0.483 e. The van der Waals surface area contributed by atoms with Crippen molar-refractivity contribution in [2.75, 3.05) is 11.9 Å². The van der Waals surface area contributed by atoms with Crippen molar-refractivity contribution in [3.05, 3.63) is 83.9 Å². The summed E-state index contributed by atoms with van der Waals surface area (Å²) in [5.41, 5.74) is 4.21. The molecule has 0 saturated carbocycles. The zero-order valence-electron chi connectivity index (χ0n) is 15.3. The zero-order chi connectivity index (χ0) is 19.1. The maximum atomic E-state index is 12.1. The molecule has 0 aliphatic rings. The van der Waals surface area contributed by atoms with Crippen LogP contribution in [0.15, 0.2) is 83.0 Å².